The molecule has 0 saturated heterocycles. The summed E-state index contributed by atoms with van der Waals surface area (Å²) >= 11 is 18.2. The monoisotopic (exact) mass is 412 g/mol. The second-order valence-corrected chi connectivity index (χ2v) is 7.05. The normalized spacial score (nSPS) is 11.7. The Hall–Kier alpha value is -1.75. The summed E-state index contributed by atoms with van der Waals surface area (Å²) in [5.74, 6) is -0.460. The fourth-order valence-electron chi connectivity index (χ4n) is 2.53. The van der Waals surface area contributed by atoms with Crippen LogP contribution >= 0.6 is 34.8 Å². The maximum Gasteiger partial charge on any atom is 0.242 e. The highest BCUT2D eigenvalue weighted by Crippen LogP contribution is 2.24. The van der Waals surface area contributed by atoms with Gasteiger partial charge in [-0.2, -0.15) is 0 Å². The predicted octanol–water partition coefficient (Wildman–Crippen LogP) is 4.35. The van der Waals surface area contributed by atoms with Crippen molar-refractivity contribution in [3.8, 4) is 0 Å². The summed E-state index contributed by atoms with van der Waals surface area (Å²) in [4.78, 5) is 26.5. The summed E-state index contributed by atoms with van der Waals surface area (Å²) in [6.45, 7) is 1.91. The van der Waals surface area contributed by atoms with Gasteiger partial charge < -0.3 is 10.2 Å². The second kappa shape index (κ2) is 9.26. The highest BCUT2D eigenvalue weighted by atomic mass is 35.5. The number of rotatable bonds is 6. The third-order valence-corrected chi connectivity index (χ3v) is 5.16. The number of halogens is 3. The van der Waals surface area contributed by atoms with Crippen LogP contribution in [0.1, 0.15) is 18.1 Å². The molecule has 0 aliphatic rings. The number of carbonyl (C=O) groups is 2. The van der Waals surface area contributed by atoms with E-state index in [0.717, 1.165) is 5.56 Å². The lowest BCUT2D eigenvalue weighted by molar-refractivity contribution is -0.139. The number of hydrogen-bond donors (Lipinski definition) is 1. The Bertz CT molecular complexity index is 811. The largest absolute Gasteiger partial charge is 0.357 e. The van der Waals surface area contributed by atoms with E-state index in [1.165, 1.54) is 11.9 Å². The first-order chi connectivity index (χ1) is 12.3. The van der Waals surface area contributed by atoms with Crippen LogP contribution in [0, 0.1) is 0 Å². The molecule has 1 N–H and O–H groups in total. The van der Waals surface area contributed by atoms with Gasteiger partial charge in [-0.3, -0.25) is 9.59 Å². The van der Waals surface area contributed by atoms with Crippen molar-refractivity contribution in [1.29, 1.82) is 0 Å². The number of amides is 2. The Morgan fingerprint density at radius 2 is 1.73 bits per heavy atom. The van der Waals surface area contributed by atoms with Crippen molar-refractivity contribution in [2.45, 2.75) is 25.9 Å². The third-order valence-electron chi connectivity index (χ3n) is 4.05. The lowest BCUT2D eigenvalue weighted by Gasteiger charge is -2.28. The van der Waals surface area contributed by atoms with E-state index in [1.54, 1.807) is 43.3 Å². The Kier molecular flexibility index (Phi) is 7.33. The van der Waals surface area contributed by atoms with Gasteiger partial charge >= 0.3 is 0 Å². The molecule has 0 fully saturated rings. The molecule has 2 rings (SSSR count). The van der Waals surface area contributed by atoms with Gasteiger partial charge in [-0.15, -0.1) is 0 Å². The molecule has 138 valence electrons. The topological polar surface area (TPSA) is 49.4 Å². The van der Waals surface area contributed by atoms with Crippen molar-refractivity contribution in [2.75, 3.05) is 7.05 Å². The third kappa shape index (κ3) is 5.13. The van der Waals surface area contributed by atoms with E-state index < -0.39 is 6.04 Å². The predicted molar refractivity (Wildman–Crippen MR) is 106 cm³/mol. The Balaban J connectivity index is 2.27. The Labute approximate surface area is 168 Å². The van der Waals surface area contributed by atoms with Crippen LogP contribution in [0.5, 0.6) is 0 Å². The molecule has 1 unspecified atom stereocenters. The minimum atomic E-state index is -0.649. The molecule has 7 heteroatoms. The van der Waals surface area contributed by atoms with Crippen LogP contribution in [0.3, 0.4) is 0 Å². The van der Waals surface area contributed by atoms with Gasteiger partial charge in [0.15, 0.2) is 0 Å². The van der Waals surface area contributed by atoms with Crippen molar-refractivity contribution < 1.29 is 9.59 Å². The average Bonchev–Trinajstić information content (AvgIpc) is 2.63. The molecule has 1 atom stereocenters. The molecule has 2 aromatic carbocycles. The van der Waals surface area contributed by atoms with Crippen LogP contribution in [0.25, 0.3) is 0 Å². The van der Waals surface area contributed by atoms with Gasteiger partial charge in [0.2, 0.25) is 11.8 Å². The highest BCUT2D eigenvalue weighted by molar-refractivity contribution is 6.42. The zero-order valence-electron chi connectivity index (χ0n) is 14.4. The van der Waals surface area contributed by atoms with E-state index in [0.29, 0.717) is 20.6 Å². The quantitative estimate of drug-likeness (QED) is 0.765. The van der Waals surface area contributed by atoms with Gasteiger partial charge in [0, 0.05) is 18.6 Å². The van der Waals surface area contributed by atoms with E-state index in [9.17, 15) is 9.59 Å². The standard InChI is InChI=1S/C19H19Cl3N2O2/c1-12(19(26)23-2)24(11-13-7-8-16(21)17(22)9-13)18(25)10-14-5-3-4-6-15(14)20/h3-9,12H,10-11H2,1-2H3,(H,23,26). The molecular formula is C19H19Cl3N2O2. The molecule has 0 saturated carbocycles. The van der Waals surface area contributed by atoms with Gasteiger partial charge in [-0.25, -0.2) is 0 Å². The summed E-state index contributed by atoms with van der Waals surface area (Å²) in [6.07, 6.45) is 0.0995. The first-order valence-electron chi connectivity index (χ1n) is 8.02. The van der Waals surface area contributed by atoms with Gasteiger partial charge in [-0.05, 0) is 36.2 Å². The number of nitrogens with one attached hydrogen (secondary N) is 1. The zero-order valence-corrected chi connectivity index (χ0v) is 16.7. The van der Waals surface area contributed by atoms with Crippen molar-refractivity contribution in [2.24, 2.45) is 0 Å². The van der Waals surface area contributed by atoms with Gasteiger partial charge in [0.05, 0.1) is 16.5 Å². The molecule has 0 aliphatic heterocycles. The van der Waals surface area contributed by atoms with Crippen molar-refractivity contribution in [3.05, 3.63) is 68.7 Å². The molecule has 0 aliphatic carbocycles. The Morgan fingerprint density at radius 1 is 1.04 bits per heavy atom. The summed E-state index contributed by atoms with van der Waals surface area (Å²) in [5, 5.41) is 3.92. The molecular weight excluding hydrogens is 395 g/mol. The van der Waals surface area contributed by atoms with Crippen LogP contribution in [0.15, 0.2) is 42.5 Å². The smallest absolute Gasteiger partial charge is 0.242 e. The number of carbonyl (C=O) groups excluding carboxylic acids is 2. The van der Waals surface area contributed by atoms with Crippen molar-refractivity contribution in [3.63, 3.8) is 0 Å². The molecule has 0 aromatic heterocycles. The van der Waals surface area contributed by atoms with Crippen LogP contribution in [0.2, 0.25) is 15.1 Å². The van der Waals surface area contributed by atoms with Gasteiger partial charge in [0.25, 0.3) is 0 Å². The zero-order chi connectivity index (χ0) is 19.3. The summed E-state index contributed by atoms with van der Waals surface area (Å²) in [7, 11) is 1.54. The number of hydrogen-bond acceptors (Lipinski definition) is 2. The van der Waals surface area contributed by atoms with E-state index in [1.807, 2.05) is 6.07 Å². The maximum atomic E-state index is 12.9. The molecule has 0 radical (unpaired) electrons. The summed E-state index contributed by atoms with van der Waals surface area (Å²) in [6, 6.07) is 11.6. The fraction of sp³-hybridized carbons (Fsp3) is 0.263. The fourth-order valence-corrected chi connectivity index (χ4v) is 3.06. The van der Waals surface area contributed by atoms with E-state index in [-0.39, 0.29) is 24.8 Å². The molecule has 2 aromatic rings. The first kappa shape index (κ1) is 20.6. The lowest BCUT2D eigenvalue weighted by Crippen LogP contribution is -2.47. The highest BCUT2D eigenvalue weighted by Gasteiger charge is 2.26. The molecule has 0 heterocycles. The SMILES string of the molecule is CNC(=O)C(C)N(Cc1ccc(Cl)c(Cl)c1)C(=O)Cc1ccccc1Cl. The van der Waals surface area contributed by atoms with Crippen LogP contribution in [-0.4, -0.2) is 29.8 Å². The number of nitrogens with zero attached hydrogens (tertiary/aromatic N) is 1. The number of likely N-dealkylation sites (N-methyl/N-ethyl adjacent to an activating group) is 1. The minimum Gasteiger partial charge on any atom is -0.357 e. The number of benzene rings is 2. The van der Waals surface area contributed by atoms with Gasteiger partial charge in [0.1, 0.15) is 6.04 Å². The molecule has 2 amide bonds. The van der Waals surface area contributed by atoms with Crippen molar-refractivity contribution in [1.82, 2.24) is 10.2 Å². The van der Waals surface area contributed by atoms with Crippen LogP contribution in [-0.2, 0) is 22.6 Å². The molecule has 0 spiro atoms. The molecule has 26 heavy (non-hydrogen) atoms. The maximum absolute atomic E-state index is 12.9. The molecule has 4 nitrogen and oxygen atoms in total. The van der Waals surface area contributed by atoms with Crippen LogP contribution < -0.4 is 5.32 Å². The van der Waals surface area contributed by atoms with E-state index in [2.05, 4.69) is 5.32 Å². The van der Waals surface area contributed by atoms with E-state index >= 15 is 0 Å². The lowest BCUT2D eigenvalue weighted by atomic mass is 10.1. The first-order valence-corrected chi connectivity index (χ1v) is 9.15. The molecule has 0 bridgehead atoms. The van der Waals surface area contributed by atoms with Gasteiger partial charge in [-0.1, -0.05) is 59.1 Å². The summed E-state index contributed by atoms with van der Waals surface area (Å²) in [5.41, 5.74) is 1.49. The van der Waals surface area contributed by atoms with Crippen LogP contribution in [0.4, 0.5) is 0 Å². The summed E-state index contributed by atoms with van der Waals surface area (Å²) < 4.78 is 0. The van der Waals surface area contributed by atoms with E-state index in [4.69, 9.17) is 34.8 Å². The Morgan fingerprint density at radius 3 is 2.35 bits per heavy atom. The average molecular weight is 414 g/mol. The second-order valence-electron chi connectivity index (χ2n) is 5.83. The van der Waals surface area contributed by atoms with Crippen molar-refractivity contribution >= 4 is 46.6 Å². The minimum absolute atomic E-state index is 0.0995.